The van der Waals surface area contributed by atoms with Crippen molar-refractivity contribution in [3.8, 4) is 0 Å². The summed E-state index contributed by atoms with van der Waals surface area (Å²) in [5.74, 6) is -5.98. The van der Waals surface area contributed by atoms with Crippen LogP contribution in [0.3, 0.4) is 0 Å². The van der Waals surface area contributed by atoms with E-state index in [1.165, 1.54) is 0 Å². The van der Waals surface area contributed by atoms with Crippen molar-refractivity contribution in [2.45, 2.75) is 64.2 Å². The van der Waals surface area contributed by atoms with Crippen LogP contribution in [0.25, 0.3) is 0 Å². The average Bonchev–Trinajstić information content (AvgIpc) is 3.00. The summed E-state index contributed by atoms with van der Waals surface area (Å²) in [4.78, 5) is 57.6. The third-order valence-corrected chi connectivity index (χ3v) is 4.16. The first kappa shape index (κ1) is 25.2. The number of hydrogen-bond acceptors (Lipinski definition) is 13. The molecule has 0 aromatic rings. The Morgan fingerprint density at radius 2 is 1.50 bits per heavy atom. The van der Waals surface area contributed by atoms with Gasteiger partial charge in [0, 0.05) is 33.8 Å². The smallest absolute Gasteiger partial charge is 0.333 e. The molecule has 1 unspecified atom stereocenters. The van der Waals surface area contributed by atoms with Crippen molar-refractivity contribution >= 4 is 29.8 Å². The van der Waals surface area contributed by atoms with E-state index in [-0.39, 0.29) is 0 Å². The fourth-order valence-electron chi connectivity index (χ4n) is 3.04. The van der Waals surface area contributed by atoms with Crippen LogP contribution < -0.4 is 0 Å². The van der Waals surface area contributed by atoms with Gasteiger partial charge in [0.2, 0.25) is 0 Å². The highest BCUT2D eigenvalue weighted by Crippen LogP contribution is 2.31. The molecule has 1 saturated heterocycles. The van der Waals surface area contributed by atoms with Gasteiger partial charge in [0.05, 0.1) is 0 Å². The van der Waals surface area contributed by atoms with E-state index >= 15 is 0 Å². The Hall–Kier alpha value is -3.03. The number of rotatable bonds is 8. The Balaban J connectivity index is 2.34. The Morgan fingerprint density at radius 3 is 2.00 bits per heavy atom. The molecule has 32 heavy (non-hydrogen) atoms. The van der Waals surface area contributed by atoms with Gasteiger partial charge in [-0.3, -0.25) is 19.2 Å². The maximum absolute atomic E-state index is 11.7. The fraction of sp³-hybridized carbons (Fsp3) is 0.632. The summed E-state index contributed by atoms with van der Waals surface area (Å²) in [6.45, 7) is 3.29. The SMILES string of the molecule is CC(=O)OC[C@H]1O[C@@H](OCC2(O)C=CC(=O)O2)[C@H](OC(C)=O)[C@@H](OC(C)=O)[C@@H]1OC(C)=O. The zero-order chi connectivity index (χ0) is 24.1. The summed E-state index contributed by atoms with van der Waals surface area (Å²) in [5, 5.41) is 10.2. The lowest BCUT2D eigenvalue weighted by atomic mass is 9.98. The zero-order valence-corrected chi connectivity index (χ0v) is 17.8. The highest BCUT2D eigenvalue weighted by Gasteiger charge is 2.53. The third-order valence-electron chi connectivity index (χ3n) is 4.16. The van der Waals surface area contributed by atoms with Crippen LogP contribution in [0.5, 0.6) is 0 Å². The van der Waals surface area contributed by atoms with Crippen LogP contribution in [0.2, 0.25) is 0 Å². The zero-order valence-electron chi connectivity index (χ0n) is 17.8. The van der Waals surface area contributed by atoms with Gasteiger partial charge in [-0.15, -0.1) is 0 Å². The molecule has 2 rings (SSSR count). The lowest BCUT2D eigenvalue weighted by Crippen LogP contribution is -2.63. The standard InChI is InChI=1S/C19H24O13/c1-9(20)26-7-13-15(28-10(2)21)16(29-11(3)22)17(30-12(4)23)18(31-13)27-8-19(25)6-5-14(24)32-19/h5-6,13,15-18,25H,7-8H2,1-4H3/t13-,15-,16+,17-,18-,19?/m1/s1. The molecule has 0 aromatic heterocycles. The predicted molar refractivity (Wildman–Crippen MR) is 98.1 cm³/mol. The Kier molecular flexibility index (Phi) is 8.30. The first-order valence-corrected chi connectivity index (χ1v) is 9.47. The summed E-state index contributed by atoms with van der Waals surface area (Å²) in [7, 11) is 0. The summed E-state index contributed by atoms with van der Waals surface area (Å²) in [6, 6.07) is 0. The highest BCUT2D eigenvalue weighted by atomic mass is 16.8. The van der Waals surface area contributed by atoms with Crippen LogP contribution in [0.15, 0.2) is 12.2 Å². The first-order valence-electron chi connectivity index (χ1n) is 9.47. The van der Waals surface area contributed by atoms with Gasteiger partial charge in [0.25, 0.3) is 5.79 Å². The molecule has 2 aliphatic heterocycles. The molecule has 2 aliphatic rings. The van der Waals surface area contributed by atoms with E-state index in [4.69, 9.17) is 33.2 Å². The number of hydrogen-bond donors (Lipinski definition) is 1. The van der Waals surface area contributed by atoms with Crippen molar-refractivity contribution in [1.82, 2.24) is 0 Å². The fourth-order valence-corrected chi connectivity index (χ4v) is 3.04. The molecule has 13 nitrogen and oxygen atoms in total. The van der Waals surface area contributed by atoms with E-state index < -0.39 is 79.6 Å². The van der Waals surface area contributed by atoms with E-state index in [9.17, 15) is 29.1 Å². The quantitative estimate of drug-likeness (QED) is 0.342. The number of cyclic esters (lactones) is 1. The molecule has 0 saturated carbocycles. The van der Waals surface area contributed by atoms with Gasteiger partial charge in [-0.05, 0) is 6.08 Å². The van der Waals surface area contributed by atoms with Crippen LogP contribution in [-0.2, 0) is 57.1 Å². The van der Waals surface area contributed by atoms with Crippen molar-refractivity contribution in [2.24, 2.45) is 0 Å². The number of aliphatic hydroxyl groups is 1. The second-order valence-corrected chi connectivity index (χ2v) is 6.98. The van der Waals surface area contributed by atoms with Gasteiger partial charge >= 0.3 is 29.8 Å². The molecule has 178 valence electrons. The van der Waals surface area contributed by atoms with Crippen molar-refractivity contribution in [3.63, 3.8) is 0 Å². The summed E-state index contributed by atoms with van der Waals surface area (Å²) >= 11 is 0. The predicted octanol–water partition coefficient (Wildman–Crippen LogP) is -1.11. The second-order valence-electron chi connectivity index (χ2n) is 6.98. The Bertz CT molecular complexity index is 790. The van der Waals surface area contributed by atoms with Gasteiger partial charge < -0.3 is 38.3 Å². The van der Waals surface area contributed by atoms with Gasteiger partial charge in [-0.25, -0.2) is 4.79 Å². The van der Waals surface area contributed by atoms with E-state index in [0.29, 0.717) is 0 Å². The summed E-state index contributed by atoms with van der Waals surface area (Å²) in [5.41, 5.74) is 0. The maximum atomic E-state index is 11.7. The van der Waals surface area contributed by atoms with Crippen molar-refractivity contribution < 1.29 is 62.2 Å². The molecule has 0 amide bonds. The van der Waals surface area contributed by atoms with Gasteiger partial charge in [0.15, 0.2) is 24.6 Å². The van der Waals surface area contributed by atoms with Crippen molar-refractivity contribution in [1.29, 1.82) is 0 Å². The molecule has 0 aliphatic carbocycles. The molecule has 6 atom stereocenters. The molecule has 2 heterocycles. The number of esters is 5. The molecule has 0 bridgehead atoms. The topological polar surface area (TPSA) is 170 Å². The molecule has 0 spiro atoms. The lowest BCUT2D eigenvalue weighted by Gasteiger charge is -2.44. The highest BCUT2D eigenvalue weighted by molar-refractivity contribution is 5.84. The van der Waals surface area contributed by atoms with E-state index in [2.05, 4.69) is 0 Å². The normalized spacial score (nSPS) is 31.4. The largest absolute Gasteiger partial charge is 0.463 e. The Morgan fingerprint density at radius 1 is 0.938 bits per heavy atom. The number of ether oxygens (including phenoxy) is 7. The minimum absolute atomic E-state index is 0.434. The monoisotopic (exact) mass is 460 g/mol. The Labute approximate surface area is 182 Å². The van der Waals surface area contributed by atoms with E-state index in [1.807, 2.05) is 0 Å². The number of carbonyl (C=O) groups excluding carboxylic acids is 5. The maximum Gasteiger partial charge on any atom is 0.333 e. The average molecular weight is 460 g/mol. The van der Waals surface area contributed by atoms with E-state index in [0.717, 1.165) is 39.8 Å². The molecular formula is C19H24O13. The van der Waals surface area contributed by atoms with Crippen molar-refractivity contribution in [3.05, 3.63) is 12.2 Å². The van der Waals surface area contributed by atoms with E-state index in [1.54, 1.807) is 0 Å². The third kappa shape index (κ3) is 7.00. The molecule has 13 heteroatoms. The molecule has 1 N–H and O–H groups in total. The molecule has 1 fully saturated rings. The minimum Gasteiger partial charge on any atom is -0.463 e. The molecule has 0 aromatic carbocycles. The van der Waals surface area contributed by atoms with Crippen LogP contribution in [-0.4, -0.2) is 84.7 Å². The summed E-state index contributed by atoms with van der Waals surface area (Å²) in [6.07, 6.45) is -4.91. The lowest BCUT2D eigenvalue weighted by molar-refractivity contribution is -0.321. The second kappa shape index (κ2) is 10.5. The van der Waals surface area contributed by atoms with Gasteiger partial charge in [-0.2, -0.15) is 0 Å². The van der Waals surface area contributed by atoms with Gasteiger partial charge in [0.1, 0.15) is 19.3 Å². The van der Waals surface area contributed by atoms with Crippen LogP contribution in [0, 0.1) is 0 Å². The van der Waals surface area contributed by atoms with Crippen LogP contribution in [0.4, 0.5) is 0 Å². The first-order chi connectivity index (χ1) is 14.9. The van der Waals surface area contributed by atoms with Gasteiger partial charge in [-0.1, -0.05) is 0 Å². The van der Waals surface area contributed by atoms with Crippen LogP contribution in [0.1, 0.15) is 27.7 Å². The number of carbonyl (C=O) groups is 5. The molecule has 0 radical (unpaired) electrons. The minimum atomic E-state index is -2.11. The van der Waals surface area contributed by atoms with Crippen LogP contribution >= 0.6 is 0 Å². The summed E-state index contributed by atoms with van der Waals surface area (Å²) < 4.78 is 36.5. The van der Waals surface area contributed by atoms with Crippen molar-refractivity contribution in [2.75, 3.05) is 13.2 Å². The molecular weight excluding hydrogens is 436 g/mol.